The second-order valence-corrected chi connectivity index (χ2v) is 3.12. The molecule has 0 amide bonds. The van der Waals surface area contributed by atoms with E-state index >= 15 is 0 Å². The summed E-state index contributed by atoms with van der Waals surface area (Å²) in [6.45, 7) is 1.58. The van der Waals surface area contributed by atoms with Gasteiger partial charge in [0.05, 0.1) is 11.1 Å². The van der Waals surface area contributed by atoms with Crippen LogP contribution in [0.15, 0.2) is 18.2 Å². The minimum atomic E-state index is -1.41. The fraction of sp³-hybridized carbons (Fsp3) is 0.182. The van der Waals surface area contributed by atoms with E-state index in [1.165, 1.54) is 12.1 Å². The molecular weight excluding hydrogens is 212 g/mol. The summed E-state index contributed by atoms with van der Waals surface area (Å²) in [5.41, 5.74) is -0.872. The van der Waals surface area contributed by atoms with E-state index in [-0.39, 0.29) is 23.3 Å². The predicted molar refractivity (Wildman–Crippen MR) is 55.0 cm³/mol. The first-order valence-electron chi connectivity index (χ1n) is 4.61. The second kappa shape index (κ2) is 4.57. The topological polar surface area (TPSA) is 91.7 Å². The maximum absolute atomic E-state index is 11.5. The first-order chi connectivity index (χ1) is 7.49. The number of ketones is 1. The molecule has 0 heterocycles. The SMILES string of the molecule is CCC(=O)c1cccc(C(=O)O)c1C(=O)O. The monoisotopic (exact) mass is 222 g/mol. The van der Waals surface area contributed by atoms with Crippen molar-refractivity contribution in [1.29, 1.82) is 0 Å². The first-order valence-corrected chi connectivity index (χ1v) is 4.61. The zero-order valence-corrected chi connectivity index (χ0v) is 8.56. The average molecular weight is 222 g/mol. The van der Waals surface area contributed by atoms with Crippen molar-refractivity contribution < 1.29 is 24.6 Å². The third-order valence-electron chi connectivity index (χ3n) is 2.13. The van der Waals surface area contributed by atoms with Crippen molar-refractivity contribution in [3.05, 3.63) is 34.9 Å². The van der Waals surface area contributed by atoms with Crippen LogP contribution in [-0.4, -0.2) is 27.9 Å². The molecule has 0 bridgehead atoms. The van der Waals surface area contributed by atoms with Gasteiger partial charge in [0.15, 0.2) is 5.78 Å². The van der Waals surface area contributed by atoms with Crippen LogP contribution in [0.2, 0.25) is 0 Å². The van der Waals surface area contributed by atoms with Gasteiger partial charge in [-0.2, -0.15) is 0 Å². The lowest BCUT2D eigenvalue weighted by molar-refractivity contribution is 0.0649. The summed E-state index contributed by atoms with van der Waals surface area (Å²) in [6.07, 6.45) is 0.128. The molecule has 0 fully saturated rings. The van der Waals surface area contributed by atoms with Gasteiger partial charge < -0.3 is 10.2 Å². The van der Waals surface area contributed by atoms with Gasteiger partial charge in [0.2, 0.25) is 0 Å². The molecule has 0 saturated carbocycles. The Bertz CT molecular complexity index is 461. The average Bonchev–Trinajstić information content (AvgIpc) is 2.26. The van der Waals surface area contributed by atoms with Crippen molar-refractivity contribution in [2.75, 3.05) is 0 Å². The van der Waals surface area contributed by atoms with E-state index in [1.807, 2.05) is 0 Å². The number of benzene rings is 1. The minimum absolute atomic E-state index is 0.0603. The number of hydrogen-bond donors (Lipinski definition) is 2. The number of carbonyl (C=O) groups is 3. The Labute approximate surface area is 91.3 Å². The van der Waals surface area contributed by atoms with Crippen molar-refractivity contribution in [1.82, 2.24) is 0 Å². The van der Waals surface area contributed by atoms with Gasteiger partial charge in [0.25, 0.3) is 0 Å². The molecule has 5 nitrogen and oxygen atoms in total. The highest BCUT2D eigenvalue weighted by molar-refractivity contribution is 6.11. The fourth-order valence-electron chi connectivity index (χ4n) is 1.38. The van der Waals surface area contributed by atoms with Gasteiger partial charge in [-0.1, -0.05) is 19.1 Å². The summed E-state index contributed by atoms with van der Waals surface area (Å²) < 4.78 is 0. The van der Waals surface area contributed by atoms with E-state index in [1.54, 1.807) is 6.92 Å². The Morgan fingerprint density at radius 1 is 1.06 bits per heavy atom. The highest BCUT2D eigenvalue weighted by Gasteiger charge is 2.22. The number of carboxylic acid groups (broad SMARTS) is 2. The highest BCUT2D eigenvalue weighted by atomic mass is 16.4. The molecule has 1 rings (SSSR count). The van der Waals surface area contributed by atoms with Gasteiger partial charge in [-0.3, -0.25) is 4.79 Å². The molecule has 0 radical (unpaired) electrons. The van der Waals surface area contributed by atoms with Crippen molar-refractivity contribution in [2.24, 2.45) is 0 Å². The van der Waals surface area contributed by atoms with Gasteiger partial charge in [0.1, 0.15) is 0 Å². The van der Waals surface area contributed by atoms with Crippen LogP contribution in [0.5, 0.6) is 0 Å². The molecule has 0 spiro atoms. The molecule has 0 aromatic heterocycles. The van der Waals surface area contributed by atoms with Gasteiger partial charge in [-0.15, -0.1) is 0 Å². The Morgan fingerprint density at radius 3 is 2.06 bits per heavy atom. The van der Waals surface area contributed by atoms with Crippen molar-refractivity contribution in [3.8, 4) is 0 Å². The lowest BCUT2D eigenvalue weighted by Gasteiger charge is -2.06. The van der Waals surface area contributed by atoms with Crippen molar-refractivity contribution >= 4 is 17.7 Å². The van der Waals surface area contributed by atoms with Gasteiger partial charge >= 0.3 is 11.9 Å². The number of hydrogen-bond acceptors (Lipinski definition) is 3. The molecule has 0 saturated heterocycles. The van der Waals surface area contributed by atoms with Crippen molar-refractivity contribution in [2.45, 2.75) is 13.3 Å². The Kier molecular flexibility index (Phi) is 3.40. The van der Waals surface area contributed by atoms with E-state index in [4.69, 9.17) is 10.2 Å². The smallest absolute Gasteiger partial charge is 0.337 e. The summed E-state index contributed by atoms with van der Waals surface area (Å²) in [4.78, 5) is 33.2. The minimum Gasteiger partial charge on any atom is -0.478 e. The molecule has 0 aliphatic carbocycles. The predicted octanol–water partition coefficient (Wildman–Crippen LogP) is 1.68. The second-order valence-electron chi connectivity index (χ2n) is 3.12. The number of aromatic carboxylic acids is 2. The quantitative estimate of drug-likeness (QED) is 0.756. The zero-order chi connectivity index (χ0) is 12.3. The van der Waals surface area contributed by atoms with Crippen LogP contribution in [0.4, 0.5) is 0 Å². The molecule has 5 heteroatoms. The molecule has 0 aliphatic heterocycles. The molecule has 16 heavy (non-hydrogen) atoms. The largest absolute Gasteiger partial charge is 0.478 e. The maximum atomic E-state index is 11.5. The Hall–Kier alpha value is -2.17. The molecular formula is C11H10O5. The fourth-order valence-corrected chi connectivity index (χ4v) is 1.38. The number of carboxylic acids is 2. The third kappa shape index (κ3) is 2.08. The van der Waals surface area contributed by atoms with Crippen LogP contribution in [-0.2, 0) is 0 Å². The number of carbonyl (C=O) groups excluding carboxylic acids is 1. The zero-order valence-electron chi connectivity index (χ0n) is 8.56. The number of Topliss-reactive ketones (excluding diaryl/α,β-unsaturated/α-hetero) is 1. The van der Waals surface area contributed by atoms with Gasteiger partial charge in [0, 0.05) is 12.0 Å². The van der Waals surface area contributed by atoms with Crippen LogP contribution < -0.4 is 0 Å². The molecule has 0 atom stereocenters. The summed E-state index contributed by atoms with van der Waals surface area (Å²) >= 11 is 0. The van der Waals surface area contributed by atoms with E-state index in [2.05, 4.69) is 0 Å². The van der Waals surface area contributed by atoms with Crippen LogP contribution >= 0.6 is 0 Å². The third-order valence-corrected chi connectivity index (χ3v) is 2.13. The van der Waals surface area contributed by atoms with Crippen LogP contribution in [0, 0.1) is 0 Å². The molecule has 0 unspecified atom stereocenters. The van der Waals surface area contributed by atoms with Crippen molar-refractivity contribution in [3.63, 3.8) is 0 Å². The Morgan fingerprint density at radius 2 is 1.62 bits per heavy atom. The highest BCUT2D eigenvalue weighted by Crippen LogP contribution is 2.17. The van der Waals surface area contributed by atoms with E-state index < -0.39 is 17.5 Å². The lowest BCUT2D eigenvalue weighted by Crippen LogP contribution is -2.14. The molecule has 84 valence electrons. The normalized spacial score (nSPS) is 9.81. The summed E-state index contributed by atoms with van der Waals surface area (Å²) in [5.74, 6) is -3.15. The first kappa shape index (κ1) is 11.9. The lowest BCUT2D eigenvalue weighted by atomic mass is 9.97. The standard InChI is InChI=1S/C11H10O5/c1-2-8(12)6-4-3-5-7(10(13)14)9(6)11(15)16/h3-5H,2H2,1H3,(H,13,14)(H,15,16). The maximum Gasteiger partial charge on any atom is 0.337 e. The van der Waals surface area contributed by atoms with E-state index in [0.717, 1.165) is 6.07 Å². The summed E-state index contributed by atoms with van der Waals surface area (Å²) in [7, 11) is 0. The summed E-state index contributed by atoms with van der Waals surface area (Å²) in [5, 5.41) is 17.7. The van der Waals surface area contributed by atoms with Gasteiger partial charge in [-0.05, 0) is 6.07 Å². The van der Waals surface area contributed by atoms with Crippen LogP contribution in [0.25, 0.3) is 0 Å². The van der Waals surface area contributed by atoms with Gasteiger partial charge in [-0.25, -0.2) is 9.59 Å². The summed E-state index contributed by atoms with van der Waals surface area (Å²) in [6, 6.07) is 3.85. The molecule has 2 N–H and O–H groups in total. The molecule has 0 aliphatic rings. The molecule has 1 aromatic rings. The number of rotatable bonds is 4. The van der Waals surface area contributed by atoms with Crippen LogP contribution in [0.3, 0.4) is 0 Å². The van der Waals surface area contributed by atoms with E-state index in [0.29, 0.717) is 0 Å². The van der Waals surface area contributed by atoms with Crippen LogP contribution in [0.1, 0.15) is 44.4 Å². The Balaban J connectivity index is 3.51. The molecule has 1 aromatic carbocycles. The van der Waals surface area contributed by atoms with E-state index in [9.17, 15) is 14.4 Å².